The molecule has 1 aliphatic heterocycles. The highest BCUT2D eigenvalue weighted by Crippen LogP contribution is 2.15. The van der Waals surface area contributed by atoms with E-state index in [4.69, 9.17) is 0 Å². The van der Waals surface area contributed by atoms with Crippen LogP contribution in [0.3, 0.4) is 0 Å². The summed E-state index contributed by atoms with van der Waals surface area (Å²) in [5.41, 5.74) is 2.29. The zero-order valence-electron chi connectivity index (χ0n) is 7.12. The summed E-state index contributed by atoms with van der Waals surface area (Å²) in [6, 6.07) is 7.32. The van der Waals surface area contributed by atoms with Gasteiger partial charge in [-0.25, -0.2) is 0 Å². The minimum atomic E-state index is -1.02. The number of carboxylic acid groups (broad SMARTS) is 1. The Balaban J connectivity index is 2.24. The Hall–Kier alpha value is -1.35. The molecular weight excluding hydrogens is 166 g/mol. The van der Waals surface area contributed by atoms with Gasteiger partial charge in [0.15, 0.2) is 0 Å². The lowest BCUT2D eigenvalue weighted by atomic mass is 9.96. The Morgan fingerprint density at radius 2 is 2.08 bits per heavy atom. The number of rotatable bonds is 1. The zero-order valence-corrected chi connectivity index (χ0v) is 7.12. The minimum absolute atomic E-state index is 0.526. The molecule has 3 heteroatoms. The van der Waals surface area contributed by atoms with Crippen molar-refractivity contribution in [2.75, 3.05) is 0 Å². The van der Waals surface area contributed by atoms with Gasteiger partial charge in [0.25, 0.3) is 0 Å². The average Bonchev–Trinajstić information content (AvgIpc) is 2.17. The van der Waals surface area contributed by atoms with Crippen LogP contribution in [0.2, 0.25) is 0 Å². The van der Waals surface area contributed by atoms with Gasteiger partial charge in [-0.1, -0.05) is 24.3 Å². The summed E-state index contributed by atoms with van der Waals surface area (Å²) in [7, 11) is 0. The maximum absolute atomic E-state index is 10.6. The van der Waals surface area contributed by atoms with Crippen LogP contribution in [0, 0.1) is 0 Å². The molecule has 1 unspecified atom stereocenters. The predicted molar refractivity (Wildman–Crippen MR) is 45.8 cm³/mol. The lowest BCUT2D eigenvalue weighted by Crippen LogP contribution is -2.48. The van der Waals surface area contributed by atoms with E-state index in [9.17, 15) is 9.90 Å². The van der Waals surface area contributed by atoms with Gasteiger partial charge in [0.1, 0.15) is 0 Å². The van der Waals surface area contributed by atoms with Crippen molar-refractivity contribution in [3.05, 3.63) is 35.4 Å². The van der Waals surface area contributed by atoms with E-state index in [1.165, 1.54) is 5.56 Å². The summed E-state index contributed by atoms with van der Waals surface area (Å²) < 4.78 is 0. The van der Waals surface area contributed by atoms with Crippen molar-refractivity contribution < 1.29 is 9.90 Å². The lowest BCUT2D eigenvalue weighted by molar-refractivity contribution is -0.308. The van der Waals surface area contributed by atoms with Crippen molar-refractivity contribution in [2.24, 2.45) is 0 Å². The molecule has 1 aromatic carbocycles. The van der Waals surface area contributed by atoms with Crippen LogP contribution >= 0.6 is 0 Å². The highest BCUT2D eigenvalue weighted by atomic mass is 16.4. The summed E-state index contributed by atoms with van der Waals surface area (Å²) in [4.78, 5) is 10.6. The summed E-state index contributed by atoms with van der Waals surface area (Å²) in [5, 5.41) is 13.5. The van der Waals surface area contributed by atoms with Gasteiger partial charge in [-0.3, -0.25) is 0 Å². The van der Waals surface area contributed by atoms with Crippen LogP contribution in [0.1, 0.15) is 11.1 Å². The van der Waals surface area contributed by atoms with Gasteiger partial charge >= 0.3 is 0 Å². The van der Waals surface area contributed by atoms with E-state index in [1.54, 1.807) is 0 Å². The fourth-order valence-corrected chi connectivity index (χ4v) is 1.62. The third kappa shape index (κ3) is 1.55. The number of aliphatic carboxylic acids is 1. The molecule has 1 N–H and O–H groups in total. The Kier molecular flexibility index (Phi) is 2.02. The molecule has 0 fully saturated rings. The summed E-state index contributed by atoms with van der Waals surface area (Å²) in [6.45, 7) is 0.620. The SMILES string of the molecule is O=C([O-])C1Cc2ccccc2CN1. The van der Waals surface area contributed by atoms with E-state index in [1.807, 2.05) is 24.3 Å². The van der Waals surface area contributed by atoms with Gasteiger partial charge in [-0.2, -0.15) is 0 Å². The monoisotopic (exact) mass is 176 g/mol. The van der Waals surface area contributed by atoms with Crippen LogP contribution < -0.4 is 10.4 Å². The van der Waals surface area contributed by atoms with Crippen molar-refractivity contribution in [1.82, 2.24) is 5.32 Å². The van der Waals surface area contributed by atoms with E-state index in [-0.39, 0.29) is 0 Å². The molecule has 3 nitrogen and oxygen atoms in total. The number of hydrogen-bond donors (Lipinski definition) is 1. The minimum Gasteiger partial charge on any atom is -0.548 e. The molecule has 0 saturated heterocycles. The van der Waals surface area contributed by atoms with Crippen LogP contribution in [-0.4, -0.2) is 12.0 Å². The van der Waals surface area contributed by atoms with Crippen molar-refractivity contribution in [3.8, 4) is 0 Å². The van der Waals surface area contributed by atoms with E-state index in [0.717, 1.165) is 5.56 Å². The second-order valence-corrected chi connectivity index (χ2v) is 3.23. The molecule has 1 aliphatic rings. The molecule has 1 heterocycles. The molecule has 0 radical (unpaired) electrons. The van der Waals surface area contributed by atoms with E-state index >= 15 is 0 Å². The molecule has 0 amide bonds. The lowest BCUT2D eigenvalue weighted by Gasteiger charge is -2.26. The molecule has 2 rings (SSSR count). The number of benzene rings is 1. The summed E-state index contributed by atoms with van der Waals surface area (Å²) >= 11 is 0. The number of carboxylic acids is 1. The predicted octanol–water partition coefficient (Wildman–Crippen LogP) is -0.549. The van der Waals surface area contributed by atoms with E-state index in [0.29, 0.717) is 13.0 Å². The normalized spacial score (nSPS) is 20.8. The van der Waals surface area contributed by atoms with Crippen LogP contribution in [0.4, 0.5) is 0 Å². The largest absolute Gasteiger partial charge is 0.548 e. The van der Waals surface area contributed by atoms with Crippen molar-refractivity contribution in [2.45, 2.75) is 19.0 Å². The fourth-order valence-electron chi connectivity index (χ4n) is 1.62. The van der Waals surface area contributed by atoms with Gasteiger partial charge < -0.3 is 15.2 Å². The Bertz CT molecular complexity index is 335. The number of carbonyl (C=O) groups is 1. The average molecular weight is 176 g/mol. The second kappa shape index (κ2) is 3.18. The standard InChI is InChI=1S/C10H11NO2/c12-10(13)9-5-7-3-1-2-4-8(7)6-11-9/h1-4,9,11H,5-6H2,(H,12,13)/p-1. The second-order valence-electron chi connectivity index (χ2n) is 3.23. The quantitative estimate of drug-likeness (QED) is 0.624. The maximum Gasteiger partial charge on any atom is 0.0587 e. The first kappa shape index (κ1) is 8.26. The summed E-state index contributed by atoms with van der Waals surface area (Å²) in [6.07, 6.45) is 0.526. The fraction of sp³-hybridized carbons (Fsp3) is 0.300. The van der Waals surface area contributed by atoms with Gasteiger partial charge in [0.2, 0.25) is 0 Å². The number of fused-ring (bicyclic) bond motifs is 1. The molecule has 1 atom stereocenters. The number of carbonyl (C=O) groups excluding carboxylic acids is 1. The third-order valence-electron chi connectivity index (χ3n) is 2.37. The molecule has 13 heavy (non-hydrogen) atoms. The molecule has 0 saturated carbocycles. The first-order valence-corrected chi connectivity index (χ1v) is 4.28. The van der Waals surface area contributed by atoms with Gasteiger partial charge in [0.05, 0.1) is 12.0 Å². The highest BCUT2D eigenvalue weighted by Gasteiger charge is 2.17. The van der Waals surface area contributed by atoms with E-state index in [2.05, 4.69) is 5.32 Å². The van der Waals surface area contributed by atoms with Crippen LogP contribution in [0.15, 0.2) is 24.3 Å². The summed E-state index contributed by atoms with van der Waals surface area (Å²) in [5.74, 6) is -1.02. The molecule has 0 aromatic heterocycles. The van der Waals surface area contributed by atoms with E-state index < -0.39 is 12.0 Å². The Morgan fingerprint density at radius 1 is 1.38 bits per heavy atom. The highest BCUT2D eigenvalue weighted by molar-refractivity contribution is 5.72. The number of hydrogen-bond acceptors (Lipinski definition) is 3. The van der Waals surface area contributed by atoms with Crippen molar-refractivity contribution in [1.29, 1.82) is 0 Å². The van der Waals surface area contributed by atoms with Crippen molar-refractivity contribution in [3.63, 3.8) is 0 Å². The molecule has 68 valence electrons. The van der Waals surface area contributed by atoms with Crippen molar-refractivity contribution >= 4 is 5.97 Å². The maximum atomic E-state index is 10.6. The molecule has 0 spiro atoms. The van der Waals surface area contributed by atoms with Gasteiger partial charge in [0, 0.05) is 6.54 Å². The van der Waals surface area contributed by atoms with Gasteiger partial charge in [-0.05, 0) is 17.5 Å². The number of nitrogens with one attached hydrogen (secondary N) is 1. The first-order valence-electron chi connectivity index (χ1n) is 4.28. The van der Waals surface area contributed by atoms with Crippen LogP contribution in [0.25, 0.3) is 0 Å². The van der Waals surface area contributed by atoms with Gasteiger partial charge in [-0.15, -0.1) is 0 Å². The smallest absolute Gasteiger partial charge is 0.0587 e. The molecule has 0 bridgehead atoms. The Morgan fingerprint density at radius 3 is 2.77 bits per heavy atom. The first-order chi connectivity index (χ1) is 6.27. The van der Waals surface area contributed by atoms with Crippen LogP contribution in [-0.2, 0) is 17.8 Å². The van der Waals surface area contributed by atoms with Crippen LogP contribution in [0.5, 0.6) is 0 Å². The molecule has 0 aliphatic carbocycles. The third-order valence-corrected chi connectivity index (χ3v) is 2.37. The Labute approximate surface area is 76.4 Å². The topological polar surface area (TPSA) is 52.2 Å². The molecular formula is C10H10NO2-. The zero-order chi connectivity index (χ0) is 9.26. The molecule has 1 aromatic rings.